The van der Waals surface area contributed by atoms with Gasteiger partial charge in [0, 0.05) is 13.2 Å². The molecule has 2 amide bonds. The zero-order chi connectivity index (χ0) is 14.8. The molecule has 2 aliphatic rings. The Labute approximate surface area is 123 Å². The normalized spacial score (nSPS) is 19.7. The summed E-state index contributed by atoms with van der Waals surface area (Å²) < 4.78 is 5.21. The third kappa shape index (κ3) is 2.58. The van der Waals surface area contributed by atoms with E-state index in [1.165, 1.54) is 6.42 Å². The minimum atomic E-state index is -0.200. The molecule has 3 heterocycles. The first-order valence-corrected chi connectivity index (χ1v) is 7.03. The number of carbonyl (C=O) groups is 1. The highest BCUT2D eigenvalue weighted by Gasteiger charge is 2.53. The fraction of sp³-hybridized carbons (Fsp3) is 0.615. The van der Waals surface area contributed by atoms with Crippen molar-refractivity contribution in [3.05, 3.63) is 17.5 Å². The molecule has 2 fully saturated rings. The first-order chi connectivity index (χ1) is 9.54. The molecule has 7 heteroatoms. The summed E-state index contributed by atoms with van der Waals surface area (Å²) in [5, 5.41) is 0.142. The van der Waals surface area contributed by atoms with Gasteiger partial charge in [0.1, 0.15) is 11.4 Å². The van der Waals surface area contributed by atoms with Gasteiger partial charge in [0.05, 0.1) is 19.8 Å². The van der Waals surface area contributed by atoms with E-state index in [2.05, 4.69) is 23.8 Å². The Morgan fingerprint density at radius 1 is 1.45 bits per heavy atom. The van der Waals surface area contributed by atoms with Crippen LogP contribution in [0.25, 0.3) is 0 Å². The van der Waals surface area contributed by atoms with Crippen molar-refractivity contribution in [3.8, 4) is 0 Å². The molecule has 0 atom stereocenters. The van der Waals surface area contributed by atoms with Crippen LogP contribution >= 0.6 is 11.6 Å². The van der Waals surface area contributed by atoms with Gasteiger partial charge >= 0.3 is 6.03 Å². The van der Waals surface area contributed by atoms with Gasteiger partial charge in [0.25, 0.3) is 0 Å². The van der Waals surface area contributed by atoms with Crippen molar-refractivity contribution in [2.24, 2.45) is 0 Å². The molecule has 1 spiro atoms. The van der Waals surface area contributed by atoms with E-state index in [4.69, 9.17) is 16.3 Å². The fourth-order valence-electron chi connectivity index (χ4n) is 2.13. The Hall–Kier alpha value is -1.40. The second kappa shape index (κ2) is 5.93. The number of aromatic nitrogens is 2. The molecule has 3 rings (SSSR count). The molecular formula is C13H19ClN4O2. The molecule has 2 saturated heterocycles. The van der Waals surface area contributed by atoms with Crippen LogP contribution in [0.1, 0.15) is 20.3 Å². The fourth-order valence-corrected chi connectivity index (χ4v) is 2.27. The average molecular weight is 299 g/mol. The van der Waals surface area contributed by atoms with Crippen LogP contribution in [0, 0.1) is 0 Å². The molecule has 0 bridgehead atoms. The summed E-state index contributed by atoms with van der Waals surface area (Å²) in [7, 11) is 1.79. The number of likely N-dealkylation sites (N-methyl/N-ethyl adjacent to an activating group) is 1. The molecular weight excluding hydrogens is 280 g/mol. The number of anilines is 1. The van der Waals surface area contributed by atoms with E-state index in [0.29, 0.717) is 25.6 Å². The molecule has 6 nitrogen and oxygen atoms in total. The minimum absolute atomic E-state index is 0.0805. The summed E-state index contributed by atoms with van der Waals surface area (Å²) in [5.74, 6) is 0.533. The number of nitrogens with zero attached hydrogens (tertiary/aromatic N) is 4. The summed E-state index contributed by atoms with van der Waals surface area (Å²) in [5.41, 5.74) is -0.200. The lowest BCUT2D eigenvalue weighted by Crippen LogP contribution is -2.60. The Morgan fingerprint density at radius 2 is 2.10 bits per heavy atom. The number of carbonyl (C=O) groups excluding carboxylic acids is 1. The number of amides is 2. The van der Waals surface area contributed by atoms with Crippen molar-refractivity contribution in [2.45, 2.75) is 25.8 Å². The first-order valence-electron chi connectivity index (χ1n) is 6.65. The van der Waals surface area contributed by atoms with E-state index in [9.17, 15) is 4.79 Å². The Morgan fingerprint density at radius 3 is 2.55 bits per heavy atom. The lowest BCUT2D eigenvalue weighted by atomic mass is 9.97. The third-order valence-corrected chi connectivity index (χ3v) is 3.49. The highest BCUT2D eigenvalue weighted by Crippen LogP contribution is 2.34. The van der Waals surface area contributed by atoms with E-state index < -0.39 is 0 Å². The number of rotatable bonds is 1. The van der Waals surface area contributed by atoms with Gasteiger partial charge in [-0.1, -0.05) is 20.3 Å². The highest BCUT2D eigenvalue weighted by atomic mass is 35.5. The highest BCUT2D eigenvalue weighted by molar-refractivity contribution is 6.28. The molecule has 110 valence electrons. The van der Waals surface area contributed by atoms with Gasteiger partial charge in [-0.2, -0.15) is 0 Å². The molecule has 1 aromatic heterocycles. The molecule has 2 aliphatic heterocycles. The molecule has 1 aromatic rings. The van der Waals surface area contributed by atoms with Crippen LogP contribution in [0.2, 0.25) is 5.28 Å². The molecule has 0 aromatic carbocycles. The zero-order valence-electron chi connectivity index (χ0n) is 12.0. The molecule has 0 radical (unpaired) electrons. The van der Waals surface area contributed by atoms with Crippen LogP contribution in [0.3, 0.4) is 0 Å². The lowest BCUT2D eigenvalue weighted by Gasteiger charge is -2.41. The van der Waals surface area contributed by atoms with Gasteiger partial charge in [-0.05, 0) is 17.7 Å². The number of hydrogen-bond donors (Lipinski definition) is 0. The number of hydrogen-bond acceptors (Lipinski definition) is 4. The summed E-state index contributed by atoms with van der Waals surface area (Å²) in [6.45, 7) is 5.98. The van der Waals surface area contributed by atoms with Crippen molar-refractivity contribution < 1.29 is 9.53 Å². The average Bonchev–Trinajstić information content (AvgIpc) is 2.64. The third-order valence-electron chi connectivity index (χ3n) is 3.31. The molecule has 20 heavy (non-hydrogen) atoms. The second-order valence-corrected chi connectivity index (χ2v) is 5.37. The van der Waals surface area contributed by atoms with Crippen LogP contribution in [0.15, 0.2) is 12.3 Å². The molecule has 0 saturated carbocycles. The van der Waals surface area contributed by atoms with E-state index in [1.54, 1.807) is 29.1 Å². The van der Waals surface area contributed by atoms with Crippen LogP contribution in [-0.2, 0) is 4.74 Å². The van der Waals surface area contributed by atoms with Crippen LogP contribution < -0.4 is 4.90 Å². The van der Waals surface area contributed by atoms with Gasteiger partial charge in [0.15, 0.2) is 0 Å². The number of ether oxygens (including phenoxy) is 1. The Bertz CT molecular complexity index is 493. The quantitative estimate of drug-likeness (QED) is 0.746. The second-order valence-electron chi connectivity index (χ2n) is 5.04. The SMILES string of the molecule is CCC.CN1C(=O)N(c2ccnc(Cl)n2)CC12COC2. The van der Waals surface area contributed by atoms with Gasteiger partial charge < -0.3 is 9.64 Å². The maximum Gasteiger partial charge on any atom is 0.326 e. The Balaban J connectivity index is 0.000000452. The van der Waals surface area contributed by atoms with Crippen molar-refractivity contribution >= 4 is 23.4 Å². The van der Waals surface area contributed by atoms with E-state index >= 15 is 0 Å². The van der Waals surface area contributed by atoms with Gasteiger partial charge in [-0.3, -0.25) is 4.90 Å². The topological polar surface area (TPSA) is 58.6 Å². The van der Waals surface area contributed by atoms with E-state index in [-0.39, 0.29) is 16.9 Å². The summed E-state index contributed by atoms with van der Waals surface area (Å²) in [4.78, 5) is 23.3. The summed E-state index contributed by atoms with van der Waals surface area (Å²) in [6, 6.07) is 1.60. The predicted octanol–water partition coefficient (Wildman–Crippen LogP) is 2.19. The Kier molecular flexibility index (Phi) is 4.45. The molecule has 0 unspecified atom stereocenters. The lowest BCUT2D eigenvalue weighted by molar-refractivity contribution is -0.0978. The standard InChI is InChI=1S/C10H11ClN4O2.C3H8/c1-14-9(16)15(4-10(14)5-17-6-10)7-2-3-12-8(11)13-7;1-3-2/h2-3H,4-6H2,1H3;3H2,1-2H3. The number of halogens is 1. The minimum Gasteiger partial charge on any atom is -0.376 e. The predicted molar refractivity (Wildman–Crippen MR) is 77.1 cm³/mol. The number of urea groups is 1. The van der Waals surface area contributed by atoms with E-state index in [1.807, 2.05) is 0 Å². The largest absolute Gasteiger partial charge is 0.376 e. The van der Waals surface area contributed by atoms with Crippen molar-refractivity contribution in [3.63, 3.8) is 0 Å². The van der Waals surface area contributed by atoms with Crippen LogP contribution in [0.5, 0.6) is 0 Å². The summed E-state index contributed by atoms with van der Waals surface area (Å²) in [6.07, 6.45) is 2.79. The van der Waals surface area contributed by atoms with Gasteiger partial charge in [-0.15, -0.1) is 0 Å². The smallest absolute Gasteiger partial charge is 0.326 e. The molecule has 0 N–H and O–H groups in total. The first kappa shape index (κ1) is 15.0. The van der Waals surface area contributed by atoms with Gasteiger partial charge in [0.2, 0.25) is 5.28 Å². The maximum atomic E-state index is 12.1. The van der Waals surface area contributed by atoms with Gasteiger partial charge in [-0.25, -0.2) is 14.8 Å². The monoisotopic (exact) mass is 298 g/mol. The van der Waals surface area contributed by atoms with Crippen LogP contribution in [0.4, 0.5) is 10.6 Å². The van der Waals surface area contributed by atoms with Crippen LogP contribution in [-0.4, -0.2) is 53.2 Å². The zero-order valence-corrected chi connectivity index (χ0v) is 12.7. The van der Waals surface area contributed by atoms with Crippen molar-refractivity contribution in [1.82, 2.24) is 14.9 Å². The maximum absolute atomic E-state index is 12.1. The summed E-state index contributed by atoms with van der Waals surface area (Å²) >= 11 is 5.73. The van der Waals surface area contributed by atoms with Crippen molar-refractivity contribution in [1.29, 1.82) is 0 Å². The van der Waals surface area contributed by atoms with E-state index in [0.717, 1.165) is 0 Å². The molecule has 0 aliphatic carbocycles. The van der Waals surface area contributed by atoms with Crippen molar-refractivity contribution in [2.75, 3.05) is 31.7 Å².